The first-order chi connectivity index (χ1) is 6.29. The average molecular weight is 212 g/mol. The van der Waals surface area contributed by atoms with Crippen LogP contribution in [-0.4, -0.2) is 16.5 Å². The molecule has 13 heavy (non-hydrogen) atoms. The highest BCUT2D eigenvalue weighted by molar-refractivity contribution is 7.96. The fourth-order valence-electron chi connectivity index (χ4n) is 1.34. The lowest BCUT2D eigenvalue weighted by molar-refractivity contribution is 0.212. The third kappa shape index (κ3) is 1.62. The van der Waals surface area contributed by atoms with Crippen molar-refractivity contribution in [2.45, 2.75) is 12.5 Å². The van der Waals surface area contributed by atoms with E-state index < -0.39 is 0 Å². The zero-order valence-corrected chi connectivity index (χ0v) is 8.46. The van der Waals surface area contributed by atoms with Gasteiger partial charge in [0, 0.05) is 12.6 Å². The van der Waals surface area contributed by atoms with Gasteiger partial charge in [0.1, 0.15) is 0 Å². The first-order valence-corrected chi connectivity index (χ1v) is 5.25. The number of hydrogen-bond donors (Lipinski definition) is 1. The molecule has 1 atom stereocenters. The third-order valence-corrected chi connectivity index (χ3v) is 2.86. The molecule has 1 aliphatic heterocycles. The SMILES string of the molecule is O=C(S)N1N=CCC1c1ccsc1. The minimum absolute atomic E-state index is 0.0521. The highest BCUT2D eigenvalue weighted by Crippen LogP contribution is 2.30. The van der Waals surface area contributed by atoms with Gasteiger partial charge in [-0.05, 0) is 22.4 Å². The molecule has 3 nitrogen and oxygen atoms in total. The molecule has 1 aliphatic rings. The van der Waals surface area contributed by atoms with Gasteiger partial charge >= 0.3 is 0 Å². The molecule has 0 saturated carbocycles. The Kier molecular flexibility index (Phi) is 2.37. The van der Waals surface area contributed by atoms with Crippen molar-refractivity contribution in [2.24, 2.45) is 5.10 Å². The maximum absolute atomic E-state index is 11.0. The number of thiol groups is 1. The van der Waals surface area contributed by atoms with Crippen LogP contribution in [0.2, 0.25) is 0 Å². The first kappa shape index (κ1) is 8.77. The number of carbonyl (C=O) groups is 1. The molecule has 1 aromatic heterocycles. The Hall–Kier alpha value is -0.810. The highest BCUT2D eigenvalue weighted by atomic mass is 32.1. The van der Waals surface area contributed by atoms with Gasteiger partial charge in [0.15, 0.2) is 0 Å². The van der Waals surface area contributed by atoms with Gasteiger partial charge in [-0.2, -0.15) is 16.4 Å². The van der Waals surface area contributed by atoms with Crippen LogP contribution in [0.1, 0.15) is 18.0 Å². The van der Waals surface area contributed by atoms with E-state index in [4.69, 9.17) is 0 Å². The Morgan fingerprint density at radius 3 is 3.23 bits per heavy atom. The Bertz CT molecular complexity index is 334. The quantitative estimate of drug-likeness (QED) is 0.713. The molecule has 0 saturated heterocycles. The van der Waals surface area contributed by atoms with Crippen molar-refractivity contribution in [2.75, 3.05) is 0 Å². The van der Waals surface area contributed by atoms with E-state index in [9.17, 15) is 4.79 Å². The number of amides is 1. The van der Waals surface area contributed by atoms with Gasteiger partial charge in [-0.1, -0.05) is 12.6 Å². The van der Waals surface area contributed by atoms with Crippen molar-refractivity contribution in [3.8, 4) is 0 Å². The summed E-state index contributed by atoms with van der Waals surface area (Å²) in [6.45, 7) is 0. The zero-order valence-electron chi connectivity index (χ0n) is 6.75. The largest absolute Gasteiger partial charge is 0.299 e. The Balaban J connectivity index is 2.22. The molecular weight excluding hydrogens is 204 g/mol. The van der Waals surface area contributed by atoms with E-state index in [2.05, 4.69) is 17.7 Å². The van der Waals surface area contributed by atoms with Gasteiger partial charge in [-0.25, -0.2) is 5.01 Å². The Morgan fingerprint density at radius 1 is 1.77 bits per heavy atom. The molecule has 0 radical (unpaired) electrons. The zero-order chi connectivity index (χ0) is 9.26. The standard InChI is InChI=1S/C8H8N2OS2/c11-8(12)10-7(1-3-9-10)6-2-4-13-5-6/h2-5,7H,1H2,(H,11,12). The molecule has 1 unspecified atom stereocenters. The van der Waals surface area contributed by atoms with Crippen molar-refractivity contribution < 1.29 is 4.79 Å². The number of carbonyl (C=O) groups excluding carboxylic acids is 1. The van der Waals surface area contributed by atoms with Crippen LogP contribution < -0.4 is 0 Å². The monoisotopic (exact) mass is 212 g/mol. The molecule has 0 aliphatic carbocycles. The van der Waals surface area contributed by atoms with E-state index >= 15 is 0 Å². The Labute approximate surface area is 85.5 Å². The van der Waals surface area contributed by atoms with Crippen LogP contribution in [0.5, 0.6) is 0 Å². The van der Waals surface area contributed by atoms with Gasteiger partial charge in [0.2, 0.25) is 0 Å². The van der Waals surface area contributed by atoms with Crippen LogP contribution >= 0.6 is 24.0 Å². The molecule has 0 N–H and O–H groups in total. The fourth-order valence-corrected chi connectivity index (χ4v) is 2.24. The number of rotatable bonds is 1. The van der Waals surface area contributed by atoms with Crippen molar-refractivity contribution >= 4 is 35.4 Å². The lowest BCUT2D eigenvalue weighted by Gasteiger charge is -2.18. The van der Waals surface area contributed by atoms with Gasteiger partial charge < -0.3 is 0 Å². The van der Waals surface area contributed by atoms with E-state index in [1.54, 1.807) is 17.6 Å². The summed E-state index contributed by atoms with van der Waals surface area (Å²) in [6.07, 6.45) is 2.53. The predicted octanol–water partition coefficient (Wildman–Crippen LogP) is 2.53. The first-order valence-electron chi connectivity index (χ1n) is 3.85. The second-order valence-corrected chi connectivity index (χ2v) is 3.90. The van der Waals surface area contributed by atoms with Crippen molar-refractivity contribution in [3.05, 3.63) is 22.4 Å². The highest BCUT2D eigenvalue weighted by Gasteiger charge is 2.26. The van der Waals surface area contributed by atoms with Gasteiger partial charge in [0.05, 0.1) is 6.04 Å². The van der Waals surface area contributed by atoms with Gasteiger partial charge in [-0.3, -0.25) is 4.79 Å². The summed E-state index contributed by atoms with van der Waals surface area (Å²) >= 11 is 5.38. The van der Waals surface area contributed by atoms with E-state index in [0.717, 1.165) is 12.0 Å². The fraction of sp³-hybridized carbons (Fsp3) is 0.250. The summed E-state index contributed by atoms with van der Waals surface area (Å²) in [5.74, 6) is 0. The number of thiophene rings is 1. The molecule has 0 bridgehead atoms. The molecule has 2 heterocycles. The van der Waals surface area contributed by atoms with E-state index in [0.29, 0.717) is 0 Å². The normalized spacial score (nSPS) is 21.0. The number of nitrogens with zero attached hydrogens (tertiary/aromatic N) is 2. The second-order valence-electron chi connectivity index (χ2n) is 2.73. The Morgan fingerprint density at radius 2 is 2.62 bits per heavy atom. The molecule has 2 rings (SSSR count). The maximum Gasteiger partial charge on any atom is 0.299 e. The van der Waals surface area contributed by atoms with Crippen molar-refractivity contribution in [1.29, 1.82) is 0 Å². The van der Waals surface area contributed by atoms with Crippen molar-refractivity contribution in [1.82, 2.24) is 5.01 Å². The molecule has 0 aromatic carbocycles. The third-order valence-electron chi connectivity index (χ3n) is 1.95. The topological polar surface area (TPSA) is 32.7 Å². The minimum atomic E-state index is -0.301. The summed E-state index contributed by atoms with van der Waals surface area (Å²) in [5.41, 5.74) is 1.13. The summed E-state index contributed by atoms with van der Waals surface area (Å²) in [4.78, 5) is 11.0. The van der Waals surface area contributed by atoms with Crippen LogP contribution in [0.4, 0.5) is 4.79 Å². The lowest BCUT2D eigenvalue weighted by atomic mass is 10.1. The molecule has 0 spiro atoms. The molecule has 0 fully saturated rings. The van der Waals surface area contributed by atoms with Gasteiger partial charge in [-0.15, -0.1) is 0 Å². The number of hydrogen-bond acceptors (Lipinski definition) is 3. The summed E-state index contributed by atoms with van der Waals surface area (Å²) in [6, 6.07) is 2.06. The second kappa shape index (κ2) is 3.51. The van der Waals surface area contributed by atoms with Crippen LogP contribution in [0.15, 0.2) is 21.9 Å². The molecule has 68 valence electrons. The summed E-state index contributed by atoms with van der Waals surface area (Å²) in [5, 5.41) is 9.09. The lowest BCUT2D eigenvalue weighted by Crippen LogP contribution is -2.21. The molecular formula is C8H8N2OS2. The van der Waals surface area contributed by atoms with Crippen molar-refractivity contribution in [3.63, 3.8) is 0 Å². The smallest absolute Gasteiger partial charge is 0.260 e. The molecule has 1 aromatic rings. The van der Waals surface area contributed by atoms with E-state index in [1.807, 2.05) is 16.8 Å². The average Bonchev–Trinajstić information content (AvgIpc) is 2.74. The molecule has 5 heteroatoms. The van der Waals surface area contributed by atoms with Crippen LogP contribution in [-0.2, 0) is 0 Å². The maximum atomic E-state index is 11.0. The van der Waals surface area contributed by atoms with Crippen LogP contribution in [0.3, 0.4) is 0 Å². The molecule has 1 amide bonds. The van der Waals surface area contributed by atoms with E-state index in [-0.39, 0.29) is 11.3 Å². The van der Waals surface area contributed by atoms with Crippen LogP contribution in [0.25, 0.3) is 0 Å². The summed E-state index contributed by atoms with van der Waals surface area (Å²) < 4.78 is 0. The summed E-state index contributed by atoms with van der Waals surface area (Å²) in [7, 11) is 0. The van der Waals surface area contributed by atoms with E-state index in [1.165, 1.54) is 5.01 Å². The minimum Gasteiger partial charge on any atom is -0.260 e. The predicted molar refractivity (Wildman–Crippen MR) is 56.4 cm³/mol. The van der Waals surface area contributed by atoms with Crippen LogP contribution in [0, 0.1) is 0 Å². The number of hydrazone groups is 1. The van der Waals surface area contributed by atoms with Gasteiger partial charge in [0.25, 0.3) is 5.24 Å².